The lowest BCUT2D eigenvalue weighted by atomic mass is 10.0. The zero-order chi connectivity index (χ0) is 27.3. The Morgan fingerprint density at radius 2 is 1.66 bits per heavy atom. The van der Waals surface area contributed by atoms with E-state index >= 15 is 0 Å². The van der Waals surface area contributed by atoms with Gasteiger partial charge in [0.05, 0.1) is 10.5 Å². The number of rotatable bonds is 7. The predicted molar refractivity (Wildman–Crippen MR) is 147 cm³/mol. The van der Waals surface area contributed by atoms with Gasteiger partial charge < -0.3 is 10.6 Å². The number of nitrogens with zero attached hydrogens (tertiary/aromatic N) is 2. The molecule has 2 aliphatic rings. The highest BCUT2D eigenvalue weighted by Crippen LogP contribution is 2.37. The van der Waals surface area contributed by atoms with Crippen LogP contribution in [0.4, 0.5) is 9.80 Å². The molecule has 1 fully saturated rings. The summed E-state index contributed by atoms with van der Waals surface area (Å²) in [5.41, 5.74) is 1.42. The first-order valence-corrected chi connectivity index (χ1v) is 15.3. The van der Waals surface area contributed by atoms with E-state index in [-0.39, 0.29) is 10.5 Å². The highest BCUT2D eigenvalue weighted by molar-refractivity contribution is 7.89. The minimum atomic E-state index is -3.62. The largest absolute Gasteiger partial charge is 0.341 e. The molecule has 206 valence electrons. The van der Waals surface area contributed by atoms with Crippen molar-refractivity contribution >= 4 is 44.2 Å². The maximum atomic E-state index is 13.2. The monoisotopic (exact) mass is 561 g/mol. The fraction of sp³-hybridized carbons (Fsp3) is 0.500. The number of hydrogen-bond donors (Lipinski definition) is 3. The lowest BCUT2D eigenvalue weighted by molar-refractivity contribution is 0.0964. The standard InChI is InChI=1S/C26H35N5O5S2/c1-3-13-30-16-12-20-21(17-30)37-25(22(20)24(33)29-26(34)27-2)28-23(32)18-8-10-19(11-9-18)38(35,36)31-14-6-4-5-7-15-31/h8-11H,3-7,12-17H2,1-2H3,(H,28,32)(H2,27,29,33,34). The number of imide groups is 1. The topological polar surface area (TPSA) is 128 Å². The molecule has 4 rings (SSSR count). The smallest absolute Gasteiger partial charge is 0.321 e. The van der Waals surface area contributed by atoms with Crippen molar-refractivity contribution in [2.45, 2.75) is 56.9 Å². The van der Waals surface area contributed by atoms with Gasteiger partial charge in [0.25, 0.3) is 11.8 Å². The molecule has 0 radical (unpaired) electrons. The number of carbonyl (C=O) groups is 3. The number of thiophene rings is 1. The van der Waals surface area contributed by atoms with Gasteiger partial charge in [-0.3, -0.25) is 19.8 Å². The van der Waals surface area contributed by atoms with E-state index in [1.807, 2.05) is 0 Å². The van der Waals surface area contributed by atoms with Gasteiger partial charge in [-0.15, -0.1) is 11.3 Å². The molecular weight excluding hydrogens is 526 g/mol. The van der Waals surface area contributed by atoms with Crippen molar-refractivity contribution in [2.75, 3.05) is 38.5 Å². The number of fused-ring (bicyclic) bond motifs is 1. The van der Waals surface area contributed by atoms with Crippen molar-refractivity contribution in [3.05, 3.63) is 45.8 Å². The second kappa shape index (κ2) is 12.4. The Balaban J connectivity index is 1.56. The zero-order valence-electron chi connectivity index (χ0n) is 21.8. The van der Waals surface area contributed by atoms with Crippen LogP contribution in [0.2, 0.25) is 0 Å². The Morgan fingerprint density at radius 1 is 0.974 bits per heavy atom. The molecule has 2 aliphatic heterocycles. The van der Waals surface area contributed by atoms with Crippen LogP contribution in [0.25, 0.3) is 0 Å². The van der Waals surface area contributed by atoms with Crippen LogP contribution in [0.5, 0.6) is 0 Å². The van der Waals surface area contributed by atoms with Gasteiger partial charge in [-0.2, -0.15) is 4.31 Å². The van der Waals surface area contributed by atoms with Crippen molar-refractivity contribution in [3.8, 4) is 0 Å². The van der Waals surface area contributed by atoms with Crippen molar-refractivity contribution in [1.29, 1.82) is 0 Å². The Labute approximate surface area is 227 Å². The van der Waals surface area contributed by atoms with E-state index in [4.69, 9.17) is 0 Å². The minimum absolute atomic E-state index is 0.157. The van der Waals surface area contributed by atoms with Gasteiger partial charge in [-0.25, -0.2) is 13.2 Å². The van der Waals surface area contributed by atoms with E-state index in [1.54, 1.807) is 0 Å². The number of benzene rings is 1. The third-order valence-electron chi connectivity index (χ3n) is 6.90. The molecule has 0 saturated carbocycles. The summed E-state index contributed by atoms with van der Waals surface area (Å²) in [6.07, 6.45) is 5.39. The quantitative estimate of drug-likeness (QED) is 0.476. The molecule has 0 bridgehead atoms. The van der Waals surface area contributed by atoms with Crippen LogP contribution < -0.4 is 16.0 Å². The average Bonchev–Trinajstić information content (AvgIpc) is 3.05. The molecule has 4 amide bonds. The van der Waals surface area contributed by atoms with Crippen molar-refractivity contribution in [2.24, 2.45) is 0 Å². The molecule has 1 aromatic carbocycles. The van der Waals surface area contributed by atoms with Crippen LogP contribution in [0.15, 0.2) is 29.2 Å². The maximum absolute atomic E-state index is 13.2. The highest BCUT2D eigenvalue weighted by Gasteiger charge is 2.30. The summed E-state index contributed by atoms with van der Waals surface area (Å²) in [6, 6.07) is 5.26. The van der Waals surface area contributed by atoms with Crippen molar-refractivity contribution in [1.82, 2.24) is 19.8 Å². The van der Waals surface area contributed by atoms with Crippen molar-refractivity contribution in [3.63, 3.8) is 0 Å². The third kappa shape index (κ3) is 6.25. The van der Waals surface area contributed by atoms with E-state index in [1.165, 1.54) is 47.0 Å². The van der Waals surface area contributed by atoms with Gasteiger partial charge in [-0.1, -0.05) is 19.8 Å². The number of sulfonamides is 1. The highest BCUT2D eigenvalue weighted by atomic mass is 32.2. The number of hydrogen-bond acceptors (Lipinski definition) is 7. The molecule has 1 aromatic heterocycles. The molecule has 3 heterocycles. The minimum Gasteiger partial charge on any atom is -0.341 e. The van der Waals surface area contributed by atoms with Gasteiger partial charge in [0.2, 0.25) is 10.0 Å². The predicted octanol–water partition coefficient (Wildman–Crippen LogP) is 3.40. The SMILES string of the molecule is CCCN1CCc2c(sc(NC(=O)c3ccc(S(=O)(=O)N4CCCCCC4)cc3)c2C(=O)NC(=O)NC)C1. The summed E-state index contributed by atoms with van der Waals surface area (Å²) in [7, 11) is -2.20. The summed E-state index contributed by atoms with van der Waals surface area (Å²) in [5.74, 6) is -1.03. The Kier molecular flexibility index (Phi) is 9.19. The molecule has 1 saturated heterocycles. The zero-order valence-corrected chi connectivity index (χ0v) is 23.5. The lowest BCUT2D eigenvalue weighted by Gasteiger charge is -2.26. The van der Waals surface area contributed by atoms with Crippen LogP contribution >= 0.6 is 11.3 Å². The molecular formula is C26H35N5O5S2. The van der Waals surface area contributed by atoms with E-state index in [2.05, 4.69) is 27.8 Å². The van der Waals surface area contributed by atoms with Crippen LogP contribution in [-0.4, -0.2) is 68.7 Å². The summed E-state index contributed by atoms with van der Waals surface area (Å²) in [5, 5.41) is 7.91. The molecule has 3 N–H and O–H groups in total. The summed E-state index contributed by atoms with van der Waals surface area (Å²) in [4.78, 5) is 41.5. The normalized spacial score (nSPS) is 16.8. The fourth-order valence-electron chi connectivity index (χ4n) is 4.90. The number of amides is 4. The number of urea groups is 1. The van der Waals surface area contributed by atoms with Gasteiger partial charge >= 0.3 is 6.03 Å². The van der Waals surface area contributed by atoms with Crippen LogP contribution in [-0.2, 0) is 23.0 Å². The molecule has 0 aliphatic carbocycles. The third-order valence-corrected chi connectivity index (χ3v) is 9.95. The van der Waals surface area contributed by atoms with Crippen molar-refractivity contribution < 1.29 is 22.8 Å². The molecule has 0 unspecified atom stereocenters. The van der Waals surface area contributed by atoms with Gasteiger partial charge in [-0.05, 0) is 62.1 Å². The first kappa shape index (κ1) is 28.2. The van der Waals surface area contributed by atoms with Gasteiger partial charge in [0, 0.05) is 43.7 Å². The maximum Gasteiger partial charge on any atom is 0.321 e. The van der Waals surface area contributed by atoms with Gasteiger partial charge in [0.1, 0.15) is 5.00 Å². The first-order chi connectivity index (χ1) is 18.2. The van der Waals surface area contributed by atoms with E-state index in [0.717, 1.165) is 55.6 Å². The van der Waals surface area contributed by atoms with E-state index in [0.29, 0.717) is 36.6 Å². The summed E-state index contributed by atoms with van der Waals surface area (Å²) >= 11 is 1.34. The molecule has 0 spiro atoms. The molecule has 12 heteroatoms. The fourth-order valence-corrected chi connectivity index (χ4v) is 7.70. The van der Waals surface area contributed by atoms with E-state index < -0.39 is 27.9 Å². The Hall–Kier alpha value is -2.80. The first-order valence-electron chi connectivity index (χ1n) is 13.1. The van der Waals surface area contributed by atoms with E-state index in [9.17, 15) is 22.8 Å². The number of carbonyl (C=O) groups excluding carboxylic acids is 3. The van der Waals surface area contributed by atoms with Crippen LogP contribution in [0.1, 0.15) is 70.2 Å². The number of nitrogens with one attached hydrogen (secondary N) is 3. The Morgan fingerprint density at radius 3 is 2.29 bits per heavy atom. The molecule has 38 heavy (non-hydrogen) atoms. The number of anilines is 1. The summed E-state index contributed by atoms with van der Waals surface area (Å²) < 4.78 is 27.7. The van der Waals surface area contributed by atoms with Crippen LogP contribution in [0.3, 0.4) is 0 Å². The average molecular weight is 562 g/mol. The van der Waals surface area contributed by atoms with Gasteiger partial charge in [0.15, 0.2) is 0 Å². The second-order valence-corrected chi connectivity index (χ2v) is 12.6. The lowest BCUT2D eigenvalue weighted by Crippen LogP contribution is -2.38. The molecule has 2 aromatic rings. The molecule has 10 nitrogen and oxygen atoms in total. The van der Waals surface area contributed by atoms with Crippen LogP contribution in [0, 0.1) is 0 Å². The Bertz CT molecular complexity index is 1280. The summed E-state index contributed by atoms with van der Waals surface area (Å²) in [6.45, 7) is 5.52. The molecule has 0 atom stereocenters. The second-order valence-electron chi connectivity index (χ2n) is 9.56.